The van der Waals surface area contributed by atoms with Gasteiger partial charge in [-0.05, 0) is 31.0 Å². The largest absolute Gasteiger partial charge is 0.496 e. The highest BCUT2D eigenvalue weighted by Gasteiger charge is 2.49. The second-order valence-corrected chi connectivity index (χ2v) is 7.21. The maximum Gasteiger partial charge on any atom is 0.323 e. The highest BCUT2D eigenvalue weighted by Crippen LogP contribution is 2.37. The number of benzene rings is 2. The van der Waals surface area contributed by atoms with Crippen molar-refractivity contribution in [2.45, 2.75) is 24.9 Å². The summed E-state index contributed by atoms with van der Waals surface area (Å²) >= 11 is 5.81. The fourth-order valence-corrected chi connectivity index (χ4v) is 3.20. The molecule has 0 amide bonds. The standard InChI is InChI=1S/C20H22ClFN4O3/c1-24-15-9-16(29-2)11(10-25-20(6-7-20)19(27)28)8-12(15)18(23)26-14-5-3-4-13(21)17(14)22/h3-5,8-9,24-25H,6-7,10H2,1-2H3,(H2,23,26)(H,27,28). The summed E-state index contributed by atoms with van der Waals surface area (Å²) in [7, 11) is 3.22. The van der Waals surface area contributed by atoms with Crippen LogP contribution in [0.5, 0.6) is 5.75 Å². The topological polar surface area (TPSA) is 106 Å². The number of carbonyl (C=O) groups is 1. The van der Waals surface area contributed by atoms with Gasteiger partial charge in [-0.3, -0.25) is 15.5 Å². The van der Waals surface area contributed by atoms with Gasteiger partial charge in [0, 0.05) is 36.5 Å². The average molecular weight is 421 g/mol. The molecule has 0 spiro atoms. The van der Waals surface area contributed by atoms with Crippen molar-refractivity contribution in [3.05, 3.63) is 52.3 Å². The van der Waals surface area contributed by atoms with E-state index in [0.717, 1.165) is 0 Å². The third-order valence-corrected chi connectivity index (χ3v) is 5.24. The molecule has 7 nitrogen and oxygen atoms in total. The maximum absolute atomic E-state index is 14.2. The summed E-state index contributed by atoms with van der Waals surface area (Å²) in [5.74, 6) is -1.01. The molecule has 0 unspecified atom stereocenters. The predicted molar refractivity (Wildman–Crippen MR) is 111 cm³/mol. The number of methoxy groups -OCH3 is 1. The van der Waals surface area contributed by atoms with Crippen molar-refractivity contribution in [3.8, 4) is 5.75 Å². The molecule has 2 aromatic rings. The van der Waals surface area contributed by atoms with E-state index in [9.17, 15) is 14.3 Å². The number of ether oxygens (including phenoxy) is 1. The zero-order valence-corrected chi connectivity index (χ0v) is 16.8. The van der Waals surface area contributed by atoms with E-state index < -0.39 is 17.3 Å². The van der Waals surface area contributed by atoms with Crippen LogP contribution in [0.15, 0.2) is 30.3 Å². The van der Waals surface area contributed by atoms with Crippen LogP contribution in [-0.4, -0.2) is 36.6 Å². The highest BCUT2D eigenvalue weighted by molar-refractivity contribution is 6.31. The second kappa shape index (κ2) is 8.26. The molecule has 1 saturated carbocycles. The first-order valence-electron chi connectivity index (χ1n) is 8.98. The number of halogens is 2. The molecule has 0 aromatic heterocycles. The lowest BCUT2D eigenvalue weighted by Gasteiger charge is -2.19. The molecule has 1 aliphatic rings. The fourth-order valence-electron chi connectivity index (χ4n) is 3.02. The number of hydrogen-bond acceptors (Lipinski definition) is 5. The summed E-state index contributed by atoms with van der Waals surface area (Å²) in [6.45, 7) is 0.255. The van der Waals surface area contributed by atoms with E-state index in [1.165, 1.54) is 19.2 Å². The van der Waals surface area contributed by atoms with Gasteiger partial charge in [-0.15, -0.1) is 0 Å². The Morgan fingerprint density at radius 3 is 2.66 bits per heavy atom. The first-order valence-corrected chi connectivity index (χ1v) is 9.36. The van der Waals surface area contributed by atoms with Crippen molar-refractivity contribution >= 4 is 34.8 Å². The Balaban J connectivity index is 1.89. The lowest BCUT2D eigenvalue weighted by Crippen LogP contribution is -2.38. The number of nitrogens with one attached hydrogen (secondary N) is 4. The lowest BCUT2D eigenvalue weighted by molar-refractivity contribution is -0.140. The molecule has 0 radical (unpaired) electrons. The monoisotopic (exact) mass is 420 g/mol. The zero-order valence-electron chi connectivity index (χ0n) is 16.0. The molecular formula is C20H22ClFN4O3. The minimum Gasteiger partial charge on any atom is -0.496 e. The van der Waals surface area contributed by atoms with Crippen molar-refractivity contribution in [2.75, 3.05) is 24.8 Å². The van der Waals surface area contributed by atoms with Crippen LogP contribution in [0.1, 0.15) is 24.0 Å². The van der Waals surface area contributed by atoms with Gasteiger partial charge in [0.15, 0.2) is 5.82 Å². The molecular weight excluding hydrogens is 399 g/mol. The van der Waals surface area contributed by atoms with Gasteiger partial charge in [0.25, 0.3) is 0 Å². The van der Waals surface area contributed by atoms with Crippen LogP contribution in [0, 0.1) is 11.2 Å². The van der Waals surface area contributed by atoms with Crippen LogP contribution < -0.4 is 20.7 Å². The van der Waals surface area contributed by atoms with Crippen molar-refractivity contribution in [1.82, 2.24) is 5.32 Å². The van der Waals surface area contributed by atoms with Gasteiger partial charge in [-0.2, -0.15) is 0 Å². The molecule has 0 bridgehead atoms. The molecule has 0 saturated heterocycles. The highest BCUT2D eigenvalue weighted by atomic mass is 35.5. The van der Waals surface area contributed by atoms with Crippen LogP contribution in [-0.2, 0) is 11.3 Å². The van der Waals surface area contributed by atoms with Gasteiger partial charge >= 0.3 is 5.97 Å². The van der Waals surface area contributed by atoms with Gasteiger partial charge in [0.2, 0.25) is 0 Å². The molecule has 0 heterocycles. The van der Waals surface area contributed by atoms with Crippen LogP contribution >= 0.6 is 11.6 Å². The van der Waals surface area contributed by atoms with Crippen molar-refractivity contribution in [2.24, 2.45) is 0 Å². The second-order valence-electron chi connectivity index (χ2n) is 6.80. The van der Waals surface area contributed by atoms with Crippen LogP contribution in [0.2, 0.25) is 5.02 Å². The van der Waals surface area contributed by atoms with Gasteiger partial charge in [0.1, 0.15) is 17.1 Å². The van der Waals surface area contributed by atoms with E-state index in [4.69, 9.17) is 21.7 Å². The van der Waals surface area contributed by atoms with Gasteiger partial charge in [-0.1, -0.05) is 17.7 Å². The van der Waals surface area contributed by atoms with E-state index in [0.29, 0.717) is 35.4 Å². The zero-order chi connectivity index (χ0) is 21.2. The number of aliphatic carboxylic acids is 1. The summed E-state index contributed by atoms with van der Waals surface area (Å²) in [4.78, 5) is 11.4. The van der Waals surface area contributed by atoms with Gasteiger partial charge < -0.3 is 20.5 Å². The smallest absolute Gasteiger partial charge is 0.323 e. The predicted octanol–water partition coefficient (Wildman–Crippen LogP) is 3.67. The molecule has 29 heavy (non-hydrogen) atoms. The molecule has 5 N–H and O–H groups in total. The number of rotatable bonds is 8. The SMILES string of the molecule is CNc1cc(OC)c(CNC2(C(=O)O)CC2)cc1C(=N)Nc1cccc(Cl)c1F. The Morgan fingerprint density at radius 2 is 2.07 bits per heavy atom. The quantitative estimate of drug-likeness (QED) is 0.329. The summed E-state index contributed by atoms with van der Waals surface area (Å²) in [5, 5.41) is 26.5. The lowest BCUT2D eigenvalue weighted by atomic mass is 10.0. The normalized spacial score (nSPS) is 14.2. The van der Waals surface area contributed by atoms with Gasteiger partial charge in [0.05, 0.1) is 17.8 Å². The Labute approximate surface area is 172 Å². The number of carboxylic acids is 1. The van der Waals surface area contributed by atoms with Crippen molar-refractivity contribution in [1.29, 1.82) is 5.41 Å². The van der Waals surface area contributed by atoms with Gasteiger partial charge in [-0.25, -0.2) is 4.39 Å². The number of carboxylic acid groups (broad SMARTS) is 1. The first kappa shape index (κ1) is 20.9. The number of hydrogen-bond donors (Lipinski definition) is 5. The molecule has 0 atom stereocenters. The van der Waals surface area contributed by atoms with Crippen LogP contribution in [0.3, 0.4) is 0 Å². The van der Waals surface area contributed by atoms with Crippen molar-refractivity contribution in [3.63, 3.8) is 0 Å². The number of amidine groups is 1. The van der Waals surface area contributed by atoms with E-state index in [-0.39, 0.29) is 23.1 Å². The van der Waals surface area contributed by atoms with E-state index in [2.05, 4.69) is 16.0 Å². The third-order valence-electron chi connectivity index (χ3n) is 4.95. The third kappa shape index (κ3) is 4.28. The Kier molecular flexibility index (Phi) is 5.95. The minimum atomic E-state index is -0.900. The Morgan fingerprint density at radius 1 is 1.34 bits per heavy atom. The van der Waals surface area contributed by atoms with Crippen molar-refractivity contribution < 1.29 is 19.0 Å². The molecule has 3 rings (SSSR count). The van der Waals surface area contributed by atoms with Crippen LogP contribution in [0.25, 0.3) is 0 Å². The molecule has 9 heteroatoms. The Hall–Kier alpha value is -2.84. The van der Waals surface area contributed by atoms with Crippen LogP contribution in [0.4, 0.5) is 15.8 Å². The molecule has 1 fully saturated rings. The Bertz CT molecular complexity index is 963. The summed E-state index contributed by atoms with van der Waals surface area (Å²) < 4.78 is 19.6. The van der Waals surface area contributed by atoms with E-state index >= 15 is 0 Å². The fraction of sp³-hybridized carbons (Fsp3) is 0.300. The maximum atomic E-state index is 14.2. The molecule has 2 aromatic carbocycles. The number of anilines is 2. The summed E-state index contributed by atoms with van der Waals surface area (Å²) in [6, 6.07) is 7.94. The molecule has 0 aliphatic heterocycles. The summed E-state index contributed by atoms with van der Waals surface area (Å²) in [5.41, 5.74) is 0.951. The van der Waals surface area contributed by atoms with E-state index in [1.54, 1.807) is 25.2 Å². The average Bonchev–Trinajstić information content (AvgIpc) is 3.50. The first-order chi connectivity index (χ1) is 13.8. The minimum absolute atomic E-state index is 0.0420. The molecule has 1 aliphatic carbocycles. The molecule has 154 valence electrons. The van der Waals surface area contributed by atoms with E-state index in [1.807, 2.05) is 0 Å². The summed E-state index contributed by atoms with van der Waals surface area (Å²) in [6.07, 6.45) is 1.13.